The molecule has 4 rings (SSSR count). The van der Waals surface area contributed by atoms with Gasteiger partial charge in [-0.25, -0.2) is 13.6 Å². The molecule has 1 saturated carbocycles. The van der Waals surface area contributed by atoms with Gasteiger partial charge < -0.3 is 9.84 Å². The summed E-state index contributed by atoms with van der Waals surface area (Å²) in [7, 11) is 0. The van der Waals surface area contributed by atoms with E-state index in [9.17, 15) is 23.5 Å². The number of rotatable bonds is 4. The van der Waals surface area contributed by atoms with Crippen molar-refractivity contribution >= 4 is 23.2 Å². The van der Waals surface area contributed by atoms with Gasteiger partial charge in [-0.2, -0.15) is 19.9 Å². The molecule has 1 aliphatic rings. The highest BCUT2D eigenvalue weighted by Gasteiger charge is 2.47. The van der Waals surface area contributed by atoms with Gasteiger partial charge in [0.1, 0.15) is 6.07 Å². The Kier molecular flexibility index (Phi) is 5.31. The molecular formula is C18H10Cl2F2N6O4. The molecule has 0 radical (unpaired) electrons. The highest BCUT2D eigenvalue weighted by atomic mass is 35.5. The number of alkyl halides is 2. The Bertz CT molecular complexity index is 1370. The second kappa shape index (κ2) is 7.85. The van der Waals surface area contributed by atoms with Crippen LogP contribution in [0, 0.1) is 11.3 Å². The van der Waals surface area contributed by atoms with E-state index in [2.05, 4.69) is 15.1 Å². The molecule has 0 amide bonds. The molecule has 32 heavy (non-hydrogen) atoms. The summed E-state index contributed by atoms with van der Waals surface area (Å²) in [6, 6.07) is 3.71. The van der Waals surface area contributed by atoms with Gasteiger partial charge in [0.05, 0.1) is 27.6 Å². The summed E-state index contributed by atoms with van der Waals surface area (Å²) in [5.74, 6) is -3.94. The van der Waals surface area contributed by atoms with Gasteiger partial charge in [0.25, 0.3) is 5.56 Å². The van der Waals surface area contributed by atoms with Crippen molar-refractivity contribution in [1.82, 2.24) is 24.7 Å². The maximum atomic E-state index is 13.2. The fraction of sp³-hybridized carbons (Fsp3) is 0.222. The number of H-pyrrole nitrogens is 1. The molecule has 10 nitrogen and oxygen atoms in total. The van der Waals surface area contributed by atoms with E-state index in [1.807, 2.05) is 4.98 Å². The number of ether oxygens (including phenoxy) is 1. The molecule has 0 atom stereocenters. The summed E-state index contributed by atoms with van der Waals surface area (Å²) in [5, 5.41) is 22.3. The topological polar surface area (TPSA) is 147 Å². The van der Waals surface area contributed by atoms with Crippen molar-refractivity contribution in [1.29, 1.82) is 5.26 Å². The highest BCUT2D eigenvalue weighted by Crippen LogP contribution is 2.50. The van der Waals surface area contributed by atoms with Gasteiger partial charge in [-0.1, -0.05) is 23.2 Å². The van der Waals surface area contributed by atoms with E-state index >= 15 is 0 Å². The zero-order valence-electron chi connectivity index (χ0n) is 15.6. The van der Waals surface area contributed by atoms with Crippen molar-refractivity contribution in [2.75, 3.05) is 0 Å². The Labute approximate surface area is 186 Å². The lowest BCUT2D eigenvalue weighted by Crippen LogP contribution is -2.34. The number of hydrogen-bond acceptors (Lipinski definition) is 8. The van der Waals surface area contributed by atoms with E-state index in [4.69, 9.17) is 33.2 Å². The largest absolute Gasteiger partial charge is 0.504 e. The summed E-state index contributed by atoms with van der Waals surface area (Å²) >= 11 is 12.4. The van der Waals surface area contributed by atoms with E-state index in [0.717, 1.165) is 6.20 Å². The van der Waals surface area contributed by atoms with Gasteiger partial charge in [0.15, 0.2) is 11.5 Å². The number of hydrogen-bond donors (Lipinski definition) is 2. The van der Waals surface area contributed by atoms with Gasteiger partial charge in [-0.3, -0.25) is 9.78 Å². The lowest BCUT2D eigenvalue weighted by Gasteiger charge is -2.34. The second-order valence-corrected chi connectivity index (χ2v) is 7.67. The summed E-state index contributed by atoms with van der Waals surface area (Å²) < 4.78 is 32.6. The fourth-order valence-electron chi connectivity index (χ4n) is 3.08. The summed E-state index contributed by atoms with van der Waals surface area (Å²) in [6.07, 6.45) is 0.0924. The number of halogens is 4. The zero-order valence-corrected chi connectivity index (χ0v) is 17.2. The minimum absolute atomic E-state index is 0.0119. The molecule has 3 aromatic rings. The minimum atomic E-state index is -2.81. The van der Waals surface area contributed by atoms with Crippen LogP contribution < -0.4 is 16.0 Å². The number of nitrogens with one attached hydrogen (secondary N) is 1. The molecule has 1 fully saturated rings. The van der Waals surface area contributed by atoms with Crippen LogP contribution in [0.3, 0.4) is 0 Å². The van der Waals surface area contributed by atoms with Crippen LogP contribution in [0.15, 0.2) is 27.9 Å². The molecule has 0 spiro atoms. The maximum absolute atomic E-state index is 13.2. The maximum Gasteiger partial charge on any atom is 0.349 e. The summed E-state index contributed by atoms with van der Waals surface area (Å²) in [5.41, 5.74) is -2.40. The molecule has 2 heterocycles. The Morgan fingerprint density at radius 1 is 1.28 bits per heavy atom. The molecule has 0 unspecified atom stereocenters. The van der Waals surface area contributed by atoms with Crippen LogP contribution in [-0.2, 0) is 0 Å². The van der Waals surface area contributed by atoms with E-state index < -0.39 is 41.6 Å². The van der Waals surface area contributed by atoms with Gasteiger partial charge in [-0.15, -0.1) is 5.10 Å². The molecule has 2 aromatic heterocycles. The SMILES string of the molecule is N#Cc1nn(-c2cc(Cl)c(Oc3ncc(O)c(C4CC(F)(F)C4)n3)c(Cl)c2)c(=O)[nH]c1=O. The molecule has 0 saturated heterocycles. The highest BCUT2D eigenvalue weighted by molar-refractivity contribution is 6.37. The molecular weight excluding hydrogens is 473 g/mol. The third-order valence-electron chi connectivity index (χ3n) is 4.61. The van der Waals surface area contributed by atoms with Gasteiger partial charge in [0.2, 0.25) is 11.6 Å². The number of benzene rings is 1. The van der Waals surface area contributed by atoms with Crippen molar-refractivity contribution in [2.45, 2.75) is 24.7 Å². The van der Waals surface area contributed by atoms with E-state index in [1.54, 1.807) is 6.07 Å². The molecule has 14 heteroatoms. The van der Waals surface area contributed by atoms with E-state index in [1.165, 1.54) is 12.1 Å². The van der Waals surface area contributed by atoms with E-state index in [0.29, 0.717) is 4.68 Å². The van der Waals surface area contributed by atoms with Crippen LogP contribution in [0.5, 0.6) is 17.5 Å². The van der Waals surface area contributed by atoms with Crippen molar-refractivity contribution in [3.63, 3.8) is 0 Å². The van der Waals surface area contributed by atoms with Crippen molar-refractivity contribution in [2.24, 2.45) is 0 Å². The monoisotopic (exact) mass is 482 g/mol. The van der Waals surface area contributed by atoms with Crippen molar-refractivity contribution in [3.05, 3.63) is 60.6 Å². The Morgan fingerprint density at radius 3 is 2.53 bits per heavy atom. The minimum Gasteiger partial charge on any atom is -0.504 e. The van der Waals surface area contributed by atoms with Crippen LogP contribution in [0.4, 0.5) is 8.78 Å². The van der Waals surface area contributed by atoms with Crippen LogP contribution >= 0.6 is 23.2 Å². The molecule has 0 bridgehead atoms. The Hall–Kier alpha value is -3.56. The molecule has 1 aromatic carbocycles. The molecule has 0 aliphatic heterocycles. The van der Waals surface area contributed by atoms with Crippen molar-refractivity contribution in [3.8, 4) is 29.3 Å². The first-order valence-electron chi connectivity index (χ1n) is 8.83. The van der Waals surface area contributed by atoms with Gasteiger partial charge in [-0.05, 0) is 12.1 Å². The van der Waals surface area contributed by atoms with Crippen LogP contribution in [-0.4, -0.2) is 35.8 Å². The lowest BCUT2D eigenvalue weighted by molar-refractivity contribution is -0.0880. The summed E-state index contributed by atoms with van der Waals surface area (Å²) in [6.45, 7) is 0. The quantitative estimate of drug-likeness (QED) is 0.576. The predicted molar refractivity (Wildman–Crippen MR) is 106 cm³/mol. The zero-order chi connectivity index (χ0) is 23.2. The standard InChI is InChI=1S/C18H10Cl2F2N6O4/c19-9-1-8(28-17(31)26-15(30)11(5-23)27-28)2-10(20)14(9)32-16-24-6-12(29)13(25-16)7-3-18(21,22)4-7/h1-2,6-7,29H,3-4H2,(H,26,30,31). The lowest BCUT2D eigenvalue weighted by atomic mass is 9.79. The normalized spacial score (nSPS) is 15.1. The summed E-state index contributed by atoms with van der Waals surface area (Å²) in [4.78, 5) is 33.3. The third kappa shape index (κ3) is 4.00. The van der Waals surface area contributed by atoms with Gasteiger partial charge >= 0.3 is 11.7 Å². The molecule has 1 aliphatic carbocycles. The molecule has 164 valence electrons. The number of nitriles is 1. The van der Waals surface area contributed by atoms with Crippen LogP contribution in [0.2, 0.25) is 10.0 Å². The number of aromatic amines is 1. The number of aromatic hydroxyl groups is 1. The second-order valence-electron chi connectivity index (χ2n) is 6.86. The number of nitrogens with zero attached hydrogens (tertiary/aromatic N) is 5. The third-order valence-corrected chi connectivity index (χ3v) is 5.17. The first kappa shape index (κ1) is 21.7. The van der Waals surface area contributed by atoms with Gasteiger partial charge in [0, 0.05) is 18.8 Å². The first-order valence-corrected chi connectivity index (χ1v) is 9.58. The van der Waals surface area contributed by atoms with E-state index in [-0.39, 0.29) is 38.9 Å². The van der Waals surface area contributed by atoms with Crippen LogP contribution in [0.1, 0.15) is 30.1 Å². The predicted octanol–water partition coefficient (Wildman–Crippen LogP) is 2.90. The number of aromatic nitrogens is 5. The smallest absolute Gasteiger partial charge is 0.349 e. The van der Waals surface area contributed by atoms with Crippen molar-refractivity contribution < 1.29 is 18.6 Å². The fourth-order valence-corrected chi connectivity index (χ4v) is 3.63. The first-order chi connectivity index (χ1) is 15.1. The Morgan fingerprint density at radius 2 is 1.94 bits per heavy atom. The molecule has 2 N–H and O–H groups in total. The average Bonchev–Trinajstić information content (AvgIpc) is 2.70. The Balaban J connectivity index is 1.67. The van der Waals surface area contributed by atoms with Crippen LogP contribution in [0.25, 0.3) is 5.69 Å². The average molecular weight is 483 g/mol.